The number of phenols is 1. The molecule has 0 radical (unpaired) electrons. The molecule has 112 valence electrons. The summed E-state index contributed by atoms with van der Waals surface area (Å²) in [7, 11) is 1.65. The molecule has 0 aromatic heterocycles. The molecule has 20 heavy (non-hydrogen) atoms. The van der Waals surface area contributed by atoms with Gasteiger partial charge in [-0.05, 0) is 36.6 Å². The van der Waals surface area contributed by atoms with Gasteiger partial charge in [0.1, 0.15) is 5.75 Å². The fourth-order valence-electron chi connectivity index (χ4n) is 2.60. The van der Waals surface area contributed by atoms with Gasteiger partial charge in [0, 0.05) is 20.2 Å². The van der Waals surface area contributed by atoms with E-state index < -0.39 is 17.5 Å². The van der Waals surface area contributed by atoms with E-state index in [9.17, 15) is 18.3 Å². The molecule has 1 heterocycles. The van der Waals surface area contributed by atoms with Crippen LogP contribution in [-0.2, 0) is 17.5 Å². The summed E-state index contributed by atoms with van der Waals surface area (Å²) in [4.78, 5) is 2.11. The number of rotatable bonds is 4. The van der Waals surface area contributed by atoms with E-state index >= 15 is 0 Å². The third-order valence-corrected chi connectivity index (χ3v) is 3.54. The molecule has 1 N–H and O–H groups in total. The highest BCUT2D eigenvalue weighted by Crippen LogP contribution is 2.36. The highest BCUT2D eigenvalue weighted by atomic mass is 19.4. The zero-order chi connectivity index (χ0) is 14.8. The molecule has 0 amide bonds. The maximum absolute atomic E-state index is 12.7. The Morgan fingerprint density at radius 1 is 1.40 bits per heavy atom. The lowest BCUT2D eigenvalue weighted by atomic mass is 10.1. The lowest BCUT2D eigenvalue weighted by Gasteiger charge is -2.17. The van der Waals surface area contributed by atoms with Gasteiger partial charge in [0.05, 0.1) is 12.2 Å². The van der Waals surface area contributed by atoms with Crippen molar-refractivity contribution in [1.29, 1.82) is 0 Å². The fraction of sp³-hybridized carbons (Fsp3) is 0.571. The van der Waals surface area contributed by atoms with E-state index in [4.69, 9.17) is 4.74 Å². The molecule has 0 saturated carbocycles. The number of aromatic hydroxyl groups is 1. The van der Waals surface area contributed by atoms with Gasteiger partial charge in [0.25, 0.3) is 0 Å². The number of benzene rings is 1. The molecule has 1 saturated heterocycles. The molecule has 6 heteroatoms. The standard InChI is InChI=1S/C14H18F3NO2/c1-20-9-11-4-5-18(8-11)7-10-2-3-13(19)12(6-10)14(15,16)17/h2-3,6,11,19H,4-5,7-9H2,1H3. The van der Waals surface area contributed by atoms with Crippen molar-refractivity contribution in [2.75, 3.05) is 26.8 Å². The third kappa shape index (κ3) is 3.64. The lowest BCUT2D eigenvalue weighted by Crippen LogP contribution is -2.21. The van der Waals surface area contributed by atoms with Crippen LogP contribution in [0.25, 0.3) is 0 Å². The van der Waals surface area contributed by atoms with Gasteiger partial charge in [-0.15, -0.1) is 0 Å². The first-order chi connectivity index (χ1) is 9.40. The molecule has 3 nitrogen and oxygen atoms in total. The highest BCUT2D eigenvalue weighted by Gasteiger charge is 2.34. The number of hydrogen-bond acceptors (Lipinski definition) is 3. The number of halogens is 3. The van der Waals surface area contributed by atoms with Crippen LogP contribution in [0.4, 0.5) is 13.2 Å². The van der Waals surface area contributed by atoms with Crippen molar-refractivity contribution in [3.05, 3.63) is 29.3 Å². The Morgan fingerprint density at radius 2 is 2.15 bits per heavy atom. The minimum Gasteiger partial charge on any atom is -0.507 e. The molecule has 2 rings (SSSR count). The van der Waals surface area contributed by atoms with Gasteiger partial charge in [0.2, 0.25) is 0 Å². The van der Waals surface area contributed by atoms with Gasteiger partial charge < -0.3 is 9.84 Å². The predicted octanol–water partition coefficient (Wildman–Crippen LogP) is 2.88. The SMILES string of the molecule is COCC1CCN(Cc2ccc(O)c(C(F)(F)F)c2)C1. The monoisotopic (exact) mass is 289 g/mol. The maximum Gasteiger partial charge on any atom is 0.419 e. The van der Waals surface area contributed by atoms with E-state index in [1.807, 2.05) is 0 Å². The Balaban J connectivity index is 2.04. The Bertz CT molecular complexity index is 462. The zero-order valence-corrected chi connectivity index (χ0v) is 11.3. The Kier molecular flexibility index (Phi) is 4.55. The Hall–Kier alpha value is -1.27. The summed E-state index contributed by atoms with van der Waals surface area (Å²) in [5.74, 6) is -0.279. The van der Waals surface area contributed by atoms with E-state index in [0.29, 0.717) is 24.6 Å². The summed E-state index contributed by atoms with van der Waals surface area (Å²) < 4.78 is 43.2. The van der Waals surface area contributed by atoms with Crippen molar-refractivity contribution in [1.82, 2.24) is 4.90 Å². The largest absolute Gasteiger partial charge is 0.507 e. The van der Waals surface area contributed by atoms with Crippen molar-refractivity contribution in [2.45, 2.75) is 19.1 Å². The molecular weight excluding hydrogens is 271 g/mol. The summed E-state index contributed by atoms with van der Waals surface area (Å²) in [6.07, 6.45) is -3.53. The van der Waals surface area contributed by atoms with Gasteiger partial charge >= 0.3 is 6.18 Å². The molecule has 1 aliphatic rings. The van der Waals surface area contributed by atoms with Crippen LogP contribution in [0.5, 0.6) is 5.75 Å². The van der Waals surface area contributed by atoms with Crippen LogP contribution in [0.3, 0.4) is 0 Å². The van der Waals surface area contributed by atoms with E-state index in [2.05, 4.69) is 4.90 Å². The fourth-order valence-corrected chi connectivity index (χ4v) is 2.60. The summed E-state index contributed by atoms with van der Waals surface area (Å²) in [6, 6.07) is 3.67. The van der Waals surface area contributed by atoms with E-state index in [1.165, 1.54) is 6.07 Å². The number of ether oxygens (including phenoxy) is 1. The van der Waals surface area contributed by atoms with Crippen LogP contribution in [0.2, 0.25) is 0 Å². The number of likely N-dealkylation sites (tertiary alicyclic amines) is 1. The quantitative estimate of drug-likeness (QED) is 0.925. The van der Waals surface area contributed by atoms with E-state index in [1.54, 1.807) is 7.11 Å². The Morgan fingerprint density at radius 3 is 2.80 bits per heavy atom. The van der Waals surface area contributed by atoms with Crippen molar-refractivity contribution >= 4 is 0 Å². The molecule has 1 unspecified atom stereocenters. The minimum absolute atomic E-state index is 0.444. The second-order valence-electron chi connectivity index (χ2n) is 5.19. The van der Waals surface area contributed by atoms with Crippen LogP contribution < -0.4 is 0 Å². The predicted molar refractivity (Wildman–Crippen MR) is 68.4 cm³/mol. The summed E-state index contributed by atoms with van der Waals surface area (Å²) >= 11 is 0. The average molecular weight is 289 g/mol. The van der Waals surface area contributed by atoms with E-state index in [0.717, 1.165) is 31.6 Å². The smallest absolute Gasteiger partial charge is 0.419 e. The Labute approximate surface area is 116 Å². The summed E-state index contributed by atoms with van der Waals surface area (Å²) in [5, 5.41) is 9.29. The van der Waals surface area contributed by atoms with Crippen LogP contribution >= 0.6 is 0 Å². The van der Waals surface area contributed by atoms with Gasteiger partial charge in [-0.3, -0.25) is 4.90 Å². The minimum atomic E-state index is -4.52. The second-order valence-corrected chi connectivity index (χ2v) is 5.19. The van der Waals surface area contributed by atoms with Gasteiger partial charge in [-0.25, -0.2) is 0 Å². The van der Waals surface area contributed by atoms with E-state index in [-0.39, 0.29) is 0 Å². The highest BCUT2D eigenvalue weighted by molar-refractivity contribution is 5.38. The van der Waals surface area contributed by atoms with Crippen molar-refractivity contribution in [3.8, 4) is 5.75 Å². The molecule has 0 spiro atoms. The third-order valence-electron chi connectivity index (χ3n) is 3.54. The molecule has 1 aromatic rings. The first-order valence-corrected chi connectivity index (χ1v) is 6.50. The van der Waals surface area contributed by atoms with Crippen LogP contribution in [-0.4, -0.2) is 36.8 Å². The van der Waals surface area contributed by atoms with Crippen LogP contribution in [0, 0.1) is 5.92 Å². The van der Waals surface area contributed by atoms with Crippen molar-refractivity contribution in [3.63, 3.8) is 0 Å². The molecular formula is C14H18F3NO2. The lowest BCUT2D eigenvalue weighted by molar-refractivity contribution is -0.138. The molecule has 1 atom stereocenters. The topological polar surface area (TPSA) is 32.7 Å². The number of phenolic OH excluding ortho intramolecular Hbond substituents is 1. The summed E-state index contributed by atoms with van der Waals surface area (Å²) in [5.41, 5.74) is -0.407. The maximum atomic E-state index is 12.7. The molecule has 1 aliphatic heterocycles. The average Bonchev–Trinajstić information content (AvgIpc) is 2.78. The summed E-state index contributed by atoms with van der Waals surface area (Å²) in [6.45, 7) is 2.83. The van der Waals surface area contributed by atoms with Gasteiger partial charge in [-0.1, -0.05) is 6.07 Å². The number of alkyl halides is 3. The van der Waals surface area contributed by atoms with Crippen LogP contribution in [0.15, 0.2) is 18.2 Å². The molecule has 1 aromatic carbocycles. The number of methoxy groups -OCH3 is 1. The van der Waals surface area contributed by atoms with Gasteiger partial charge in [0.15, 0.2) is 0 Å². The molecule has 1 fully saturated rings. The normalized spacial score (nSPS) is 20.5. The molecule has 0 aliphatic carbocycles. The van der Waals surface area contributed by atoms with Gasteiger partial charge in [-0.2, -0.15) is 13.2 Å². The van der Waals surface area contributed by atoms with Crippen molar-refractivity contribution in [2.24, 2.45) is 5.92 Å². The first kappa shape index (κ1) is 15.1. The van der Waals surface area contributed by atoms with Crippen LogP contribution in [0.1, 0.15) is 17.5 Å². The zero-order valence-electron chi connectivity index (χ0n) is 11.3. The molecule has 0 bridgehead atoms. The first-order valence-electron chi connectivity index (χ1n) is 6.50. The van der Waals surface area contributed by atoms with Crippen molar-refractivity contribution < 1.29 is 23.0 Å². The number of hydrogen-bond donors (Lipinski definition) is 1. The second kappa shape index (κ2) is 6.01. The number of nitrogens with zero attached hydrogens (tertiary/aromatic N) is 1.